The Morgan fingerprint density at radius 2 is 1.31 bits per heavy atom. The maximum absolute atomic E-state index is 13.5. The number of hydrogen-bond acceptors (Lipinski definition) is 2. The molecular weight excluding hydrogens is 396 g/mol. The van der Waals surface area contributed by atoms with Crippen molar-refractivity contribution in [1.82, 2.24) is 10.2 Å². The van der Waals surface area contributed by atoms with Crippen molar-refractivity contribution in [3.63, 3.8) is 0 Å². The van der Waals surface area contributed by atoms with Gasteiger partial charge in [0.1, 0.15) is 6.04 Å². The summed E-state index contributed by atoms with van der Waals surface area (Å²) in [4.78, 5) is 28.6. The lowest BCUT2D eigenvalue weighted by atomic mass is 10.0. The molecule has 0 aliphatic heterocycles. The minimum Gasteiger partial charge on any atom is -0.354 e. The van der Waals surface area contributed by atoms with Crippen molar-refractivity contribution in [3.05, 3.63) is 108 Å². The van der Waals surface area contributed by atoms with Crippen molar-refractivity contribution in [2.75, 3.05) is 6.54 Å². The molecule has 3 aromatic carbocycles. The van der Waals surface area contributed by atoms with Crippen LogP contribution >= 0.6 is 0 Å². The number of hydrogen-bond donors (Lipinski definition) is 1. The molecule has 0 spiro atoms. The van der Waals surface area contributed by atoms with Crippen LogP contribution in [0.1, 0.15) is 36.5 Å². The van der Waals surface area contributed by atoms with Gasteiger partial charge in [-0.1, -0.05) is 104 Å². The van der Waals surface area contributed by atoms with E-state index in [1.165, 1.54) is 0 Å². The Kier molecular flexibility index (Phi) is 9.05. The predicted octanol–water partition coefficient (Wildman–Crippen LogP) is 4.79. The van der Waals surface area contributed by atoms with Gasteiger partial charge in [0, 0.05) is 19.5 Å². The number of unbranched alkanes of at least 4 members (excludes halogenated alkanes) is 1. The van der Waals surface area contributed by atoms with Crippen LogP contribution in [0.5, 0.6) is 0 Å². The lowest BCUT2D eigenvalue weighted by Crippen LogP contribution is -2.51. The van der Waals surface area contributed by atoms with E-state index in [0.29, 0.717) is 19.5 Å². The molecule has 0 aliphatic carbocycles. The molecule has 166 valence electrons. The Labute approximate surface area is 191 Å². The monoisotopic (exact) mass is 428 g/mol. The van der Waals surface area contributed by atoms with Gasteiger partial charge in [0.05, 0.1) is 6.42 Å². The first-order valence-electron chi connectivity index (χ1n) is 11.4. The summed E-state index contributed by atoms with van der Waals surface area (Å²) >= 11 is 0. The van der Waals surface area contributed by atoms with Crippen molar-refractivity contribution in [3.8, 4) is 0 Å². The minimum atomic E-state index is -0.578. The van der Waals surface area contributed by atoms with Gasteiger partial charge in [0.15, 0.2) is 0 Å². The normalized spacial score (nSPS) is 11.5. The number of nitrogens with zero attached hydrogens (tertiary/aromatic N) is 1. The highest BCUT2D eigenvalue weighted by Gasteiger charge is 2.30. The number of rotatable bonds is 11. The van der Waals surface area contributed by atoms with E-state index in [1.807, 2.05) is 91.0 Å². The molecule has 2 amide bonds. The van der Waals surface area contributed by atoms with Crippen LogP contribution in [-0.4, -0.2) is 29.3 Å². The number of nitrogens with one attached hydrogen (secondary N) is 1. The van der Waals surface area contributed by atoms with E-state index in [-0.39, 0.29) is 18.2 Å². The molecule has 3 rings (SSSR count). The van der Waals surface area contributed by atoms with Crippen molar-refractivity contribution >= 4 is 11.8 Å². The summed E-state index contributed by atoms with van der Waals surface area (Å²) in [5.74, 6) is -0.147. The fourth-order valence-electron chi connectivity index (χ4n) is 3.71. The Balaban J connectivity index is 1.90. The molecule has 0 unspecified atom stereocenters. The van der Waals surface area contributed by atoms with Crippen LogP contribution in [0, 0.1) is 0 Å². The number of benzene rings is 3. The second-order valence-corrected chi connectivity index (χ2v) is 8.02. The highest BCUT2D eigenvalue weighted by molar-refractivity contribution is 5.88. The zero-order chi connectivity index (χ0) is 22.6. The lowest BCUT2D eigenvalue weighted by Gasteiger charge is -2.31. The molecule has 0 saturated carbocycles. The van der Waals surface area contributed by atoms with Gasteiger partial charge in [0.25, 0.3) is 0 Å². The van der Waals surface area contributed by atoms with E-state index >= 15 is 0 Å². The van der Waals surface area contributed by atoms with Gasteiger partial charge < -0.3 is 10.2 Å². The third-order valence-electron chi connectivity index (χ3n) is 5.49. The smallest absolute Gasteiger partial charge is 0.243 e. The van der Waals surface area contributed by atoms with Gasteiger partial charge in [-0.3, -0.25) is 9.59 Å². The van der Waals surface area contributed by atoms with Crippen LogP contribution in [0.4, 0.5) is 0 Å². The molecule has 4 nitrogen and oxygen atoms in total. The van der Waals surface area contributed by atoms with Gasteiger partial charge >= 0.3 is 0 Å². The molecule has 0 saturated heterocycles. The van der Waals surface area contributed by atoms with Crippen molar-refractivity contribution in [2.45, 2.75) is 45.2 Å². The van der Waals surface area contributed by atoms with Gasteiger partial charge in [-0.05, 0) is 23.1 Å². The summed E-state index contributed by atoms with van der Waals surface area (Å²) in [7, 11) is 0. The second-order valence-electron chi connectivity index (χ2n) is 8.02. The summed E-state index contributed by atoms with van der Waals surface area (Å²) in [5.41, 5.74) is 2.99. The van der Waals surface area contributed by atoms with Crippen LogP contribution in [0.2, 0.25) is 0 Å². The van der Waals surface area contributed by atoms with E-state index in [2.05, 4.69) is 12.2 Å². The van der Waals surface area contributed by atoms with Crippen molar-refractivity contribution in [1.29, 1.82) is 0 Å². The predicted molar refractivity (Wildman–Crippen MR) is 129 cm³/mol. The largest absolute Gasteiger partial charge is 0.354 e. The Hall–Kier alpha value is -3.40. The molecule has 0 aliphatic rings. The molecule has 0 aromatic heterocycles. The van der Waals surface area contributed by atoms with Gasteiger partial charge in [-0.25, -0.2) is 0 Å². The fraction of sp³-hybridized carbons (Fsp3) is 0.286. The van der Waals surface area contributed by atoms with Gasteiger partial charge in [-0.2, -0.15) is 0 Å². The average Bonchev–Trinajstić information content (AvgIpc) is 2.83. The number of amides is 2. The lowest BCUT2D eigenvalue weighted by molar-refractivity contribution is -0.140. The Morgan fingerprint density at radius 1 is 0.781 bits per heavy atom. The molecule has 0 bridgehead atoms. The molecule has 0 heterocycles. The zero-order valence-electron chi connectivity index (χ0n) is 18.7. The molecule has 1 atom stereocenters. The molecule has 1 N–H and O–H groups in total. The van der Waals surface area contributed by atoms with Crippen LogP contribution < -0.4 is 5.32 Å². The molecule has 32 heavy (non-hydrogen) atoms. The van der Waals surface area contributed by atoms with Crippen LogP contribution in [0.15, 0.2) is 91.0 Å². The summed E-state index contributed by atoms with van der Waals surface area (Å²) in [6.07, 6.45) is 2.66. The fourth-order valence-corrected chi connectivity index (χ4v) is 3.71. The molecule has 3 aromatic rings. The first-order valence-corrected chi connectivity index (χ1v) is 11.4. The van der Waals surface area contributed by atoms with Gasteiger partial charge in [0.2, 0.25) is 11.8 Å². The Morgan fingerprint density at radius 3 is 1.88 bits per heavy atom. The maximum atomic E-state index is 13.5. The van der Waals surface area contributed by atoms with Crippen molar-refractivity contribution < 1.29 is 9.59 Å². The summed E-state index contributed by atoms with van der Waals surface area (Å²) in [6.45, 7) is 3.11. The molecular formula is C28H32N2O2. The quantitative estimate of drug-likeness (QED) is 0.447. The third kappa shape index (κ3) is 7.09. The van der Waals surface area contributed by atoms with E-state index in [0.717, 1.165) is 29.5 Å². The van der Waals surface area contributed by atoms with Crippen molar-refractivity contribution in [2.24, 2.45) is 0 Å². The highest BCUT2D eigenvalue weighted by atomic mass is 16.2. The Bertz CT molecular complexity index is 958. The van der Waals surface area contributed by atoms with Crippen LogP contribution in [0.25, 0.3) is 0 Å². The van der Waals surface area contributed by atoms with E-state index in [1.54, 1.807) is 4.90 Å². The second kappa shape index (κ2) is 12.5. The number of carbonyl (C=O) groups excluding carboxylic acids is 2. The first kappa shape index (κ1) is 23.3. The van der Waals surface area contributed by atoms with E-state index in [4.69, 9.17) is 0 Å². The molecule has 0 radical (unpaired) electrons. The van der Waals surface area contributed by atoms with Crippen LogP contribution in [0.3, 0.4) is 0 Å². The molecule has 4 heteroatoms. The summed E-state index contributed by atoms with van der Waals surface area (Å²) < 4.78 is 0. The zero-order valence-corrected chi connectivity index (χ0v) is 18.7. The summed E-state index contributed by atoms with van der Waals surface area (Å²) in [6, 6.07) is 28.9. The minimum absolute atomic E-state index is 0.0494. The summed E-state index contributed by atoms with van der Waals surface area (Å²) in [5, 5.41) is 3.06. The van der Waals surface area contributed by atoms with E-state index in [9.17, 15) is 9.59 Å². The number of carbonyl (C=O) groups is 2. The van der Waals surface area contributed by atoms with Crippen LogP contribution in [-0.2, 0) is 29.0 Å². The average molecular weight is 429 g/mol. The topological polar surface area (TPSA) is 49.4 Å². The standard InChI is InChI=1S/C28H32N2O2/c1-2-3-19-29-28(32)26(20-23-13-7-4-8-14-23)30(22-25-17-11-6-12-18-25)27(31)21-24-15-9-5-10-16-24/h4-18,26H,2-3,19-22H2,1H3,(H,29,32)/t26-/m0/s1. The molecule has 0 fully saturated rings. The first-order chi connectivity index (χ1) is 15.7. The van der Waals surface area contributed by atoms with E-state index < -0.39 is 6.04 Å². The highest BCUT2D eigenvalue weighted by Crippen LogP contribution is 2.16. The SMILES string of the molecule is CCCCNC(=O)[C@H](Cc1ccccc1)N(Cc1ccccc1)C(=O)Cc1ccccc1. The third-order valence-corrected chi connectivity index (χ3v) is 5.49. The maximum Gasteiger partial charge on any atom is 0.243 e. The van der Waals surface area contributed by atoms with Gasteiger partial charge in [-0.15, -0.1) is 0 Å².